The van der Waals surface area contributed by atoms with Crippen molar-refractivity contribution in [2.45, 2.75) is 18.9 Å². The molecule has 4 heteroatoms. The van der Waals surface area contributed by atoms with Crippen LogP contribution in [-0.4, -0.2) is 16.9 Å². The maximum absolute atomic E-state index is 10.8. The highest BCUT2D eigenvalue weighted by Gasteiger charge is 2.14. The Kier molecular flexibility index (Phi) is 6.58. The molecule has 0 bridgehead atoms. The van der Waals surface area contributed by atoms with Crippen molar-refractivity contribution in [3.63, 3.8) is 0 Å². The van der Waals surface area contributed by atoms with Gasteiger partial charge in [0.15, 0.2) is 0 Å². The number of anilines is 1. The van der Waals surface area contributed by atoms with Gasteiger partial charge in [0.05, 0.1) is 17.5 Å². The Morgan fingerprint density at radius 1 is 0.846 bits per heavy atom. The molecular formula is C22H21BrN2O. The van der Waals surface area contributed by atoms with Gasteiger partial charge >= 0.3 is 0 Å². The van der Waals surface area contributed by atoms with Gasteiger partial charge in [-0.05, 0) is 35.4 Å². The molecule has 0 aliphatic rings. The number of benzene rings is 3. The first-order chi connectivity index (χ1) is 12.7. The summed E-state index contributed by atoms with van der Waals surface area (Å²) in [6, 6.07) is 27.8. The van der Waals surface area contributed by atoms with E-state index in [4.69, 9.17) is 0 Å². The van der Waals surface area contributed by atoms with E-state index in [1.54, 1.807) is 0 Å². The van der Waals surface area contributed by atoms with Gasteiger partial charge in [0.1, 0.15) is 0 Å². The van der Waals surface area contributed by atoms with Gasteiger partial charge in [0.25, 0.3) is 0 Å². The van der Waals surface area contributed by atoms with Crippen LogP contribution < -0.4 is 5.43 Å². The van der Waals surface area contributed by atoms with E-state index in [0.29, 0.717) is 18.6 Å². The zero-order valence-corrected chi connectivity index (χ0v) is 15.9. The molecule has 0 fully saturated rings. The normalized spacial score (nSPS) is 12.6. The lowest BCUT2D eigenvalue weighted by Gasteiger charge is -2.15. The Hall–Kier alpha value is -2.43. The molecule has 3 nitrogen and oxygen atoms in total. The zero-order chi connectivity index (χ0) is 18.2. The monoisotopic (exact) mass is 408 g/mol. The maximum atomic E-state index is 10.8. The number of hydrogen-bond acceptors (Lipinski definition) is 3. The van der Waals surface area contributed by atoms with E-state index < -0.39 is 6.10 Å². The van der Waals surface area contributed by atoms with Crippen LogP contribution in [0.4, 0.5) is 5.69 Å². The van der Waals surface area contributed by atoms with Crippen LogP contribution in [0.5, 0.6) is 0 Å². The first-order valence-corrected chi connectivity index (χ1v) is 9.34. The summed E-state index contributed by atoms with van der Waals surface area (Å²) in [5.74, 6) is 0. The minimum absolute atomic E-state index is 0.536. The van der Waals surface area contributed by atoms with Gasteiger partial charge in [0, 0.05) is 17.3 Å². The summed E-state index contributed by atoms with van der Waals surface area (Å²) in [7, 11) is 0. The lowest BCUT2D eigenvalue weighted by Crippen LogP contribution is -2.26. The number of halogens is 1. The zero-order valence-electron chi connectivity index (χ0n) is 14.3. The Labute approximate surface area is 162 Å². The average Bonchev–Trinajstić information content (AvgIpc) is 2.68. The van der Waals surface area contributed by atoms with E-state index in [-0.39, 0.29) is 0 Å². The summed E-state index contributed by atoms with van der Waals surface area (Å²) < 4.78 is 1.01. The SMILES string of the molecule is O[C@@H](Cc1ccccc1)/C(Cc1ccccc1)=N/Nc1ccc(Br)cc1. The fourth-order valence-corrected chi connectivity index (χ4v) is 2.92. The molecule has 0 aromatic heterocycles. The third kappa shape index (κ3) is 5.55. The largest absolute Gasteiger partial charge is 0.387 e. The minimum atomic E-state index is -0.652. The van der Waals surface area contributed by atoms with Gasteiger partial charge in [-0.25, -0.2) is 0 Å². The Bertz CT molecular complexity index is 833. The fourth-order valence-electron chi connectivity index (χ4n) is 2.65. The molecule has 0 aliphatic carbocycles. The van der Waals surface area contributed by atoms with E-state index in [1.807, 2.05) is 84.9 Å². The van der Waals surface area contributed by atoms with Crippen LogP contribution in [0.2, 0.25) is 0 Å². The molecule has 3 aromatic carbocycles. The smallest absolute Gasteiger partial charge is 0.0982 e. The standard InChI is InChI=1S/C22H21BrN2O/c23-19-11-13-20(14-12-19)24-25-21(15-17-7-3-1-4-8-17)22(26)16-18-9-5-2-6-10-18/h1-14,22,24,26H,15-16H2/b25-21+/t22-/m0/s1. The van der Waals surface area contributed by atoms with Crippen LogP contribution in [0.15, 0.2) is 94.5 Å². The van der Waals surface area contributed by atoms with Gasteiger partial charge in [-0.2, -0.15) is 5.10 Å². The third-order valence-corrected chi connectivity index (χ3v) is 4.59. The Balaban J connectivity index is 1.78. The lowest BCUT2D eigenvalue weighted by atomic mass is 9.99. The quantitative estimate of drug-likeness (QED) is 0.423. The summed E-state index contributed by atoms with van der Waals surface area (Å²) in [6.07, 6.45) is 0.480. The third-order valence-electron chi connectivity index (χ3n) is 4.06. The molecule has 0 saturated heterocycles. The van der Waals surface area contributed by atoms with Crippen molar-refractivity contribution in [3.05, 3.63) is 101 Å². The fraction of sp³-hybridized carbons (Fsp3) is 0.136. The van der Waals surface area contributed by atoms with Crippen LogP contribution in [0.25, 0.3) is 0 Å². The van der Waals surface area contributed by atoms with Crippen molar-refractivity contribution in [3.8, 4) is 0 Å². The molecule has 0 amide bonds. The molecule has 132 valence electrons. The highest BCUT2D eigenvalue weighted by molar-refractivity contribution is 9.10. The van der Waals surface area contributed by atoms with Gasteiger partial charge < -0.3 is 5.11 Å². The first-order valence-electron chi connectivity index (χ1n) is 8.54. The molecular weight excluding hydrogens is 388 g/mol. The second-order valence-corrected chi connectivity index (χ2v) is 7.01. The molecule has 1 atom stereocenters. The van der Waals surface area contributed by atoms with E-state index >= 15 is 0 Å². The van der Waals surface area contributed by atoms with Crippen LogP contribution in [-0.2, 0) is 12.8 Å². The van der Waals surface area contributed by atoms with E-state index in [0.717, 1.165) is 21.3 Å². The number of nitrogens with one attached hydrogen (secondary N) is 1. The Morgan fingerprint density at radius 2 is 1.42 bits per heavy atom. The van der Waals surface area contributed by atoms with E-state index in [1.165, 1.54) is 0 Å². The number of hydrazone groups is 1. The second-order valence-electron chi connectivity index (χ2n) is 6.09. The summed E-state index contributed by atoms with van der Waals surface area (Å²) >= 11 is 3.43. The van der Waals surface area contributed by atoms with Crippen LogP contribution in [0, 0.1) is 0 Å². The average molecular weight is 409 g/mol. The predicted molar refractivity (Wildman–Crippen MR) is 111 cm³/mol. The summed E-state index contributed by atoms with van der Waals surface area (Å²) in [5.41, 5.74) is 6.87. The Morgan fingerprint density at radius 3 is 2.04 bits per heavy atom. The van der Waals surface area contributed by atoms with Crippen molar-refractivity contribution in [2.24, 2.45) is 5.10 Å². The molecule has 3 aromatic rings. The molecule has 0 aliphatic heterocycles. The predicted octanol–water partition coefficient (Wildman–Crippen LogP) is 5.06. The molecule has 0 saturated carbocycles. The number of rotatable bonds is 7. The van der Waals surface area contributed by atoms with Crippen LogP contribution >= 0.6 is 15.9 Å². The van der Waals surface area contributed by atoms with Gasteiger partial charge in [0.2, 0.25) is 0 Å². The van der Waals surface area contributed by atoms with Crippen molar-refractivity contribution in [2.75, 3.05) is 5.43 Å². The summed E-state index contributed by atoms with van der Waals surface area (Å²) in [6.45, 7) is 0. The number of aliphatic hydroxyl groups is 1. The topological polar surface area (TPSA) is 44.6 Å². The highest BCUT2D eigenvalue weighted by atomic mass is 79.9. The molecule has 26 heavy (non-hydrogen) atoms. The summed E-state index contributed by atoms with van der Waals surface area (Å²) in [4.78, 5) is 0. The molecule has 0 unspecified atom stereocenters. The number of hydrogen-bond donors (Lipinski definition) is 2. The maximum Gasteiger partial charge on any atom is 0.0982 e. The number of nitrogens with zero attached hydrogens (tertiary/aromatic N) is 1. The van der Waals surface area contributed by atoms with Gasteiger partial charge in [-0.1, -0.05) is 76.6 Å². The van der Waals surface area contributed by atoms with Crippen molar-refractivity contribution in [1.82, 2.24) is 0 Å². The molecule has 3 rings (SSSR count). The van der Waals surface area contributed by atoms with Crippen molar-refractivity contribution in [1.29, 1.82) is 0 Å². The highest BCUT2D eigenvalue weighted by Crippen LogP contribution is 2.15. The molecule has 0 radical (unpaired) electrons. The minimum Gasteiger partial charge on any atom is -0.387 e. The van der Waals surface area contributed by atoms with E-state index in [9.17, 15) is 5.11 Å². The molecule has 2 N–H and O–H groups in total. The second kappa shape index (κ2) is 9.32. The van der Waals surface area contributed by atoms with Crippen LogP contribution in [0.3, 0.4) is 0 Å². The van der Waals surface area contributed by atoms with Crippen LogP contribution in [0.1, 0.15) is 11.1 Å². The van der Waals surface area contributed by atoms with Crippen molar-refractivity contribution >= 4 is 27.3 Å². The first kappa shape index (κ1) is 18.4. The number of aliphatic hydroxyl groups excluding tert-OH is 1. The lowest BCUT2D eigenvalue weighted by molar-refractivity contribution is 0.240. The van der Waals surface area contributed by atoms with E-state index in [2.05, 4.69) is 26.5 Å². The summed E-state index contributed by atoms with van der Waals surface area (Å²) in [5, 5.41) is 15.3. The van der Waals surface area contributed by atoms with Gasteiger partial charge in [-0.3, -0.25) is 5.43 Å². The molecule has 0 spiro atoms. The molecule has 0 heterocycles. The van der Waals surface area contributed by atoms with Crippen molar-refractivity contribution < 1.29 is 5.11 Å². The van der Waals surface area contributed by atoms with Gasteiger partial charge in [-0.15, -0.1) is 0 Å².